The van der Waals surface area contributed by atoms with Crippen molar-refractivity contribution in [2.45, 2.75) is 18.8 Å². The summed E-state index contributed by atoms with van der Waals surface area (Å²) in [5.74, 6) is -5.62. The Hall–Kier alpha value is -1.02. The van der Waals surface area contributed by atoms with Gasteiger partial charge in [0.05, 0.1) is 0 Å². The number of benzene rings is 1. The van der Waals surface area contributed by atoms with Gasteiger partial charge in [0.15, 0.2) is 5.78 Å². The van der Waals surface area contributed by atoms with Crippen LogP contribution < -0.4 is 0 Å². The number of hydrogen-bond acceptors (Lipinski definition) is 2. The first-order valence-electron chi connectivity index (χ1n) is 5.41. The van der Waals surface area contributed by atoms with E-state index in [0.717, 1.165) is 6.07 Å². The highest BCUT2D eigenvalue weighted by Crippen LogP contribution is 2.23. The number of Topliss-reactive ketones (excluding diaryl/α,β-unsaturated/α-hetero) is 1. The minimum atomic E-state index is -4.30. The highest BCUT2D eigenvalue weighted by Gasteiger charge is 2.41. The lowest BCUT2D eigenvalue weighted by Gasteiger charge is -2.14. The molecule has 0 N–H and O–H groups in total. The molecule has 0 unspecified atom stereocenters. The molecule has 0 saturated carbocycles. The van der Waals surface area contributed by atoms with Gasteiger partial charge in [0.1, 0.15) is 19.0 Å². The van der Waals surface area contributed by atoms with Gasteiger partial charge in [-0.3, -0.25) is 4.79 Å². The average molecular weight is 361 g/mol. The molecule has 1 aromatic rings. The lowest BCUT2D eigenvalue weighted by molar-refractivity contribution is -0.168. The lowest BCUT2D eigenvalue weighted by atomic mass is 10.1. The van der Waals surface area contributed by atoms with Gasteiger partial charge in [-0.05, 0) is 23.8 Å². The number of alkyl halides is 4. The van der Waals surface area contributed by atoms with Crippen LogP contribution >= 0.6 is 15.9 Å². The van der Waals surface area contributed by atoms with Crippen molar-refractivity contribution in [3.8, 4) is 0 Å². The third-order valence-corrected chi connectivity index (χ3v) is 2.77. The van der Waals surface area contributed by atoms with Gasteiger partial charge in [0.25, 0.3) is 0 Å². The molecule has 0 bridgehead atoms. The summed E-state index contributed by atoms with van der Waals surface area (Å²) >= 11 is 3.09. The quantitative estimate of drug-likeness (QED) is 0.694. The Balaban J connectivity index is 2.47. The fourth-order valence-corrected chi connectivity index (χ4v) is 1.71. The van der Waals surface area contributed by atoms with Crippen molar-refractivity contribution >= 4 is 21.7 Å². The van der Waals surface area contributed by atoms with Crippen LogP contribution in [0.2, 0.25) is 0 Å². The van der Waals surface area contributed by atoms with Gasteiger partial charge in [0.2, 0.25) is 0 Å². The van der Waals surface area contributed by atoms with Gasteiger partial charge in [0, 0.05) is 10.9 Å². The summed E-state index contributed by atoms with van der Waals surface area (Å²) in [6.07, 6.45) is -4.23. The number of carbonyl (C=O) groups excluding carboxylic acids is 1. The SMILES string of the molecule is O=C(COCC(F)(F)C(F)F)Cc1cc(Br)ccc1F. The highest BCUT2D eigenvalue weighted by molar-refractivity contribution is 9.10. The first-order chi connectivity index (χ1) is 9.22. The Labute approximate surface area is 120 Å². The Morgan fingerprint density at radius 3 is 2.60 bits per heavy atom. The first-order valence-corrected chi connectivity index (χ1v) is 6.21. The smallest absolute Gasteiger partial charge is 0.330 e. The molecule has 0 saturated heterocycles. The van der Waals surface area contributed by atoms with Crippen molar-refractivity contribution in [1.29, 1.82) is 0 Å². The molecule has 8 heteroatoms. The van der Waals surface area contributed by atoms with Gasteiger partial charge in [-0.25, -0.2) is 13.2 Å². The van der Waals surface area contributed by atoms with Crippen LogP contribution in [0.15, 0.2) is 22.7 Å². The van der Waals surface area contributed by atoms with Crippen LogP contribution in [0.25, 0.3) is 0 Å². The number of hydrogen-bond donors (Lipinski definition) is 0. The predicted molar refractivity (Wildman–Crippen MR) is 64.6 cm³/mol. The number of halogens is 6. The molecular formula is C12H10BrF5O2. The summed E-state index contributed by atoms with van der Waals surface area (Å²) in [6, 6.07) is 3.93. The van der Waals surface area contributed by atoms with E-state index in [1.807, 2.05) is 0 Å². The second-order valence-electron chi connectivity index (χ2n) is 4.01. The topological polar surface area (TPSA) is 26.3 Å². The minimum Gasteiger partial charge on any atom is -0.367 e. The molecule has 0 aliphatic heterocycles. The second kappa shape index (κ2) is 7.12. The molecule has 0 aliphatic rings. The zero-order valence-electron chi connectivity index (χ0n) is 10.0. The van der Waals surface area contributed by atoms with Crippen LogP contribution in [0.4, 0.5) is 22.0 Å². The molecule has 2 nitrogen and oxygen atoms in total. The van der Waals surface area contributed by atoms with Crippen LogP contribution in [0.5, 0.6) is 0 Å². The molecule has 0 atom stereocenters. The maximum Gasteiger partial charge on any atom is 0.330 e. The summed E-state index contributed by atoms with van der Waals surface area (Å²) in [5, 5.41) is 0. The van der Waals surface area contributed by atoms with Gasteiger partial charge < -0.3 is 4.74 Å². The van der Waals surface area contributed by atoms with E-state index in [4.69, 9.17) is 0 Å². The zero-order valence-corrected chi connectivity index (χ0v) is 11.6. The number of ketones is 1. The van der Waals surface area contributed by atoms with E-state index in [-0.39, 0.29) is 12.0 Å². The monoisotopic (exact) mass is 360 g/mol. The summed E-state index contributed by atoms with van der Waals surface area (Å²) in [5.41, 5.74) is 0.0635. The van der Waals surface area contributed by atoms with Crippen molar-refractivity contribution in [1.82, 2.24) is 0 Å². The standard InChI is InChI=1S/C12H10BrF5O2/c13-8-1-2-10(14)7(3-8)4-9(19)5-20-6-12(17,18)11(15)16/h1-3,11H,4-6H2. The normalized spacial score (nSPS) is 11.9. The molecule has 0 aromatic heterocycles. The first kappa shape index (κ1) is 17.0. The van der Waals surface area contributed by atoms with E-state index in [1.54, 1.807) is 0 Å². The molecule has 0 fully saturated rings. The largest absolute Gasteiger partial charge is 0.367 e. The summed E-state index contributed by atoms with van der Waals surface area (Å²) in [7, 11) is 0. The fourth-order valence-electron chi connectivity index (χ4n) is 1.31. The summed E-state index contributed by atoms with van der Waals surface area (Å²) < 4.78 is 66.7. The third-order valence-electron chi connectivity index (χ3n) is 2.27. The van der Waals surface area contributed by atoms with E-state index in [9.17, 15) is 26.7 Å². The van der Waals surface area contributed by atoms with Crippen LogP contribution in [-0.2, 0) is 16.0 Å². The predicted octanol–water partition coefficient (Wildman–Crippen LogP) is 3.62. The Morgan fingerprint density at radius 2 is 2.00 bits per heavy atom. The van der Waals surface area contributed by atoms with Crippen LogP contribution in [0.3, 0.4) is 0 Å². The molecule has 0 amide bonds. The van der Waals surface area contributed by atoms with E-state index >= 15 is 0 Å². The van der Waals surface area contributed by atoms with E-state index in [2.05, 4.69) is 20.7 Å². The number of rotatable bonds is 7. The molecule has 0 aliphatic carbocycles. The van der Waals surface area contributed by atoms with Crippen molar-refractivity contribution in [2.24, 2.45) is 0 Å². The van der Waals surface area contributed by atoms with Crippen molar-refractivity contribution in [3.05, 3.63) is 34.1 Å². The molecule has 20 heavy (non-hydrogen) atoms. The zero-order chi connectivity index (χ0) is 15.3. The van der Waals surface area contributed by atoms with Crippen molar-refractivity contribution in [3.63, 3.8) is 0 Å². The fraction of sp³-hybridized carbons (Fsp3) is 0.417. The van der Waals surface area contributed by atoms with Gasteiger partial charge in [-0.1, -0.05) is 15.9 Å². The van der Waals surface area contributed by atoms with Gasteiger partial charge in [-0.2, -0.15) is 8.78 Å². The Morgan fingerprint density at radius 1 is 1.35 bits per heavy atom. The highest BCUT2D eigenvalue weighted by atomic mass is 79.9. The van der Waals surface area contributed by atoms with E-state index in [1.165, 1.54) is 12.1 Å². The van der Waals surface area contributed by atoms with Crippen LogP contribution in [-0.4, -0.2) is 31.3 Å². The Bertz CT molecular complexity index is 479. The molecule has 0 heterocycles. The number of carbonyl (C=O) groups is 1. The molecule has 112 valence electrons. The number of ether oxygens (including phenoxy) is 1. The second-order valence-corrected chi connectivity index (χ2v) is 4.92. The van der Waals surface area contributed by atoms with E-state index in [0.29, 0.717) is 4.47 Å². The van der Waals surface area contributed by atoms with E-state index < -0.39 is 37.2 Å². The molecule has 1 rings (SSSR count). The average Bonchev–Trinajstić information content (AvgIpc) is 2.33. The van der Waals surface area contributed by atoms with Gasteiger partial charge >= 0.3 is 12.3 Å². The summed E-state index contributed by atoms with van der Waals surface area (Å²) in [4.78, 5) is 11.4. The summed E-state index contributed by atoms with van der Waals surface area (Å²) in [6.45, 7) is -2.34. The maximum atomic E-state index is 13.3. The van der Waals surface area contributed by atoms with Gasteiger partial charge in [-0.15, -0.1) is 0 Å². The molecule has 0 radical (unpaired) electrons. The van der Waals surface area contributed by atoms with Crippen LogP contribution in [0, 0.1) is 5.82 Å². The minimum absolute atomic E-state index is 0.0635. The Kier molecular flexibility index (Phi) is 6.07. The van der Waals surface area contributed by atoms with Crippen LogP contribution in [0.1, 0.15) is 5.56 Å². The van der Waals surface area contributed by atoms with Crippen molar-refractivity contribution in [2.75, 3.05) is 13.2 Å². The maximum absolute atomic E-state index is 13.3. The molecule has 0 spiro atoms. The lowest BCUT2D eigenvalue weighted by Crippen LogP contribution is -2.33. The molecular weight excluding hydrogens is 351 g/mol. The third kappa shape index (κ3) is 5.16. The molecule has 1 aromatic carbocycles. The van der Waals surface area contributed by atoms with Crippen molar-refractivity contribution < 1.29 is 31.5 Å².